The van der Waals surface area contributed by atoms with Crippen molar-refractivity contribution in [1.29, 1.82) is 0 Å². The standard InChI is InChI=1S/C5H9PS/c1-4-3-5(4)7-6-2/h6H,3H2,1-2H3. The highest BCUT2D eigenvalue weighted by Gasteiger charge is 2.14. The molecule has 0 radical (unpaired) electrons. The topological polar surface area (TPSA) is 0 Å². The monoisotopic (exact) mass is 132 g/mol. The van der Waals surface area contributed by atoms with Gasteiger partial charge in [-0.25, -0.2) is 0 Å². The largest absolute Gasteiger partial charge is 0.106 e. The molecule has 7 heavy (non-hydrogen) atoms. The Kier molecular flexibility index (Phi) is 1.77. The summed E-state index contributed by atoms with van der Waals surface area (Å²) in [5, 5.41) is 0. The Labute approximate surface area is 50.3 Å². The van der Waals surface area contributed by atoms with Gasteiger partial charge in [0.2, 0.25) is 0 Å². The maximum Gasteiger partial charge on any atom is 0.000426 e. The van der Waals surface area contributed by atoms with E-state index in [2.05, 4.69) is 13.6 Å². The average Bonchev–Trinajstić information content (AvgIpc) is 2.22. The van der Waals surface area contributed by atoms with Crippen LogP contribution in [0.2, 0.25) is 0 Å². The molecule has 0 amide bonds. The molecule has 0 saturated carbocycles. The zero-order chi connectivity index (χ0) is 5.28. The highest BCUT2D eigenvalue weighted by atomic mass is 32.7. The van der Waals surface area contributed by atoms with Crippen LogP contribution in [-0.4, -0.2) is 6.66 Å². The molecule has 1 aliphatic rings. The van der Waals surface area contributed by atoms with E-state index in [-0.39, 0.29) is 0 Å². The van der Waals surface area contributed by atoms with Gasteiger partial charge in [0.05, 0.1) is 0 Å². The van der Waals surface area contributed by atoms with Gasteiger partial charge >= 0.3 is 0 Å². The van der Waals surface area contributed by atoms with Gasteiger partial charge in [-0.15, -0.1) is 11.4 Å². The van der Waals surface area contributed by atoms with E-state index in [0.717, 1.165) is 7.78 Å². The highest BCUT2D eigenvalue weighted by Crippen LogP contribution is 2.47. The fraction of sp³-hybridized carbons (Fsp3) is 0.600. The van der Waals surface area contributed by atoms with Crippen molar-refractivity contribution >= 4 is 19.2 Å². The van der Waals surface area contributed by atoms with Crippen molar-refractivity contribution in [2.75, 3.05) is 6.66 Å². The van der Waals surface area contributed by atoms with Crippen molar-refractivity contribution in [3.63, 3.8) is 0 Å². The molecule has 0 N–H and O–H groups in total. The van der Waals surface area contributed by atoms with Crippen molar-refractivity contribution < 1.29 is 0 Å². The Morgan fingerprint density at radius 3 is 2.43 bits per heavy atom. The second kappa shape index (κ2) is 2.19. The summed E-state index contributed by atoms with van der Waals surface area (Å²) < 4.78 is 0. The van der Waals surface area contributed by atoms with Crippen molar-refractivity contribution in [3.05, 3.63) is 10.5 Å². The lowest BCUT2D eigenvalue weighted by molar-refractivity contribution is 1.48. The first-order valence-electron chi connectivity index (χ1n) is 2.37. The maximum absolute atomic E-state index is 2.23. The summed E-state index contributed by atoms with van der Waals surface area (Å²) in [5.41, 5.74) is 1.61. The fourth-order valence-corrected chi connectivity index (χ4v) is 2.63. The van der Waals surface area contributed by atoms with Crippen LogP contribution < -0.4 is 0 Å². The predicted molar refractivity (Wildman–Crippen MR) is 39.1 cm³/mol. The third kappa shape index (κ3) is 1.47. The fourth-order valence-electron chi connectivity index (χ4n) is 0.443. The molecule has 0 aromatic rings. The number of hydrogen-bond donors (Lipinski definition) is 0. The number of rotatable bonds is 2. The molecule has 40 valence electrons. The summed E-state index contributed by atoms with van der Waals surface area (Å²) in [6.07, 6.45) is 1.31. The van der Waals surface area contributed by atoms with E-state index in [4.69, 9.17) is 0 Å². The van der Waals surface area contributed by atoms with Gasteiger partial charge < -0.3 is 0 Å². The molecule has 0 nitrogen and oxygen atoms in total. The first-order chi connectivity index (χ1) is 3.34. The zero-order valence-corrected chi connectivity index (χ0v) is 6.43. The molecular weight excluding hydrogens is 123 g/mol. The maximum atomic E-state index is 2.23. The van der Waals surface area contributed by atoms with Crippen molar-refractivity contribution in [2.24, 2.45) is 0 Å². The second-order valence-electron chi connectivity index (χ2n) is 1.69. The molecule has 1 unspecified atom stereocenters. The summed E-state index contributed by atoms with van der Waals surface area (Å²) in [5.74, 6) is 0. The quantitative estimate of drug-likeness (QED) is 0.520. The van der Waals surface area contributed by atoms with Crippen LogP contribution in [0.4, 0.5) is 0 Å². The van der Waals surface area contributed by atoms with Gasteiger partial charge in [0.25, 0.3) is 0 Å². The Bertz CT molecular complexity index is 107. The Hall–Kier alpha value is 0.520. The Morgan fingerprint density at radius 2 is 2.29 bits per heavy atom. The van der Waals surface area contributed by atoms with E-state index in [9.17, 15) is 0 Å². The molecule has 2 heteroatoms. The van der Waals surface area contributed by atoms with E-state index in [1.54, 1.807) is 10.5 Å². The van der Waals surface area contributed by atoms with Gasteiger partial charge in [-0.05, 0) is 18.5 Å². The third-order valence-electron chi connectivity index (χ3n) is 1.00. The first kappa shape index (κ1) is 5.65. The molecule has 0 aromatic heterocycles. The number of hydrogen-bond acceptors (Lipinski definition) is 1. The lowest BCUT2D eigenvalue weighted by Gasteiger charge is -1.80. The molecule has 0 saturated heterocycles. The van der Waals surface area contributed by atoms with Gasteiger partial charge in [-0.1, -0.05) is 13.4 Å². The van der Waals surface area contributed by atoms with Crippen LogP contribution in [0.3, 0.4) is 0 Å². The summed E-state index contributed by atoms with van der Waals surface area (Å²) in [6, 6.07) is 0. The molecule has 1 atom stereocenters. The number of allylic oxidation sites excluding steroid dienone is 2. The van der Waals surface area contributed by atoms with E-state index < -0.39 is 0 Å². The normalized spacial score (nSPS) is 19.7. The molecule has 0 aliphatic heterocycles. The first-order valence-corrected chi connectivity index (χ1v) is 5.41. The van der Waals surface area contributed by atoms with Crippen LogP contribution in [0.1, 0.15) is 13.3 Å². The van der Waals surface area contributed by atoms with Crippen molar-refractivity contribution in [1.82, 2.24) is 0 Å². The van der Waals surface area contributed by atoms with E-state index in [1.165, 1.54) is 6.42 Å². The lowest BCUT2D eigenvalue weighted by atomic mass is 10.6. The summed E-state index contributed by atoms with van der Waals surface area (Å²) in [7, 11) is 1.05. The molecule has 1 aliphatic carbocycles. The Morgan fingerprint density at radius 1 is 1.71 bits per heavy atom. The van der Waals surface area contributed by atoms with E-state index >= 15 is 0 Å². The van der Waals surface area contributed by atoms with Gasteiger partial charge in [0, 0.05) is 6.42 Å². The molecule has 0 heterocycles. The van der Waals surface area contributed by atoms with Crippen LogP contribution in [0.5, 0.6) is 0 Å². The van der Waals surface area contributed by atoms with Crippen LogP contribution in [0, 0.1) is 0 Å². The van der Waals surface area contributed by atoms with E-state index in [0.29, 0.717) is 0 Å². The van der Waals surface area contributed by atoms with E-state index in [1.807, 2.05) is 11.4 Å². The molecule has 1 rings (SSSR count). The molecule has 0 spiro atoms. The summed E-state index contributed by atoms with van der Waals surface area (Å²) >= 11 is 2.01. The minimum atomic E-state index is 1.05. The SMILES string of the molecule is CPSC1=C(C)C1. The van der Waals surface area contributed by atoms with Crippen LogP contribution >= 0.6 is 19.2 Å². The molecule has 0 fully saturated rings. The van der Waals surface area contributed by atoms with Crippen molar-refractivity contribution in [2.45, 2.75) is 13.3 Å². The predicted octanol–water partition coefficient (Wildman–Crippen LogP) is 2.62. The van der Waals surface area contributed by atoms with Crippen LogP contribution in [0.15, 0.2) is 10.5 Å². The molecule has 0 aromatic carbocycles. The second-order valence-corrected chi connectivity index (χ2v) is 4.63. The lowest BCUT2D eigenvalue weighted by Crippen LogP contribution is -1.34. The third-order valence-corrected chi connectivity index (χ3v) is 3.30. The Balaban J connectivity index is 2.19. The summed E-state index contributed by atoms with van der Waals surface area (Å²) in [4.78, 5) is 1.64. The minimum absolute atomic E-state index is 1.05. The van der Waals surface area contributed by atoms with Gasteiger partial charge in [0.15, 0.2) is 0 Å². The van der Waals surface area contributed by atoms with Gasteiger partial charge in [-0.2, -0.15) is 0 Å². The zero-order valence-electron chi connectivity index (χ0n) is 4.62. The minimum Gasteiger partial charge on any atom is -0.106 e. The highest BCUT2D eigenvalue weighted by molar-refractivity contribution is 8.51. The van der Waals surface area contributed by atoms with Crippen LogP contribution in [-0.2, 0) is 0 Å². The smallest absolute Gasteiger partial charge is 0.000426 e. The summed E-state index contributed by atoms with van der Waals surface area (Å²) in [6.45, 7) is 4.44. The van der Waals surface area contributed by atoms with Crippen LogP contribution in [0.25, 0.3) is 0 Å². The average molecular weight is 132 g/mol. The molecular formula is C5H9PS. The van der Waals surface area contributed by atoms with Gasteiger partial charge in [0.1, 0.15) is 0 Å². The molecule has 0 bridgehead atoms. The van der Waals surface area contributed by atoms with Crippen molar-refractivity contribution in [3.8, 4) is 0 Å². The van der Waals surface area contributed by atoms with Gasteiger partial charge in [-0.3, -0.25) is 0 Å².